The highest BCUT2D eigenvalue weighted by Crippen LogP contribution is 2.41. The standard InChI is InChI=1S/C23H32O/c1-5-7-12-18-16-17-21(24)22(20(18)15-8-6-2)23(3,4)19-13-10-9-11-14-19/h9-11,13-14,16-17,24H,5-8,12,15H2,1-4H3. The lowest BCUT2D eigenvalue weighted by Gasteiger charge is -2.31. The molecule has 0 radical (unpaired) electrons. The lowest BCUT2D eigenvalue weighted by atomic mass is 9.73. The summed E-state index contributed by atoms with van der Waals surface area (Å²) in [6, 6.07) is 14.6. The average Bonchev–Trinajstić information content (AvgIpc) is 2.59. The molecule has 0 unspecified atom stereocenters. The third-order valence-corrected chi connectivity index (χ3v) is 5.09. The van der Waals surface area contributed by atoms with E-state index in [1.54, 1.807) is 0 Å². The van der Waals surface area contributed by atoms with E-state index in [-0.39, 0.29) is 5.41 Å². The molecule has 2 aromatic rings. The first-order chi connectivity index (χ1) is 11.5. The number of aromatic hydroxyl groups is 1. The minimum Gasteiger partial charge on any atom is -0.508 e. The Balaban J connectivity index is 2.57. The lowest BCUT2D eigenvalue weighted by molar-refractivity contribution is 0.449. The predicted molar refractivity (Wildman–Crippen MR) is 104 cm³/mol. The maximum Gasteiger partial charge on any atom is 0.119 e. The number of hydrogen-bond acceptors (Lipinski definition) is 1. The van der Waals surface area contributed by atoms with E-state index in [2.05, 4.69) is 64.1 Å². The van der Waals surface area contributed by atoms with Crippen LogP contribution in [0.25, 0.3) is 0 Å². The van der Waals surface area contributed by atoms with Gasteiger partial charge in [-0.25, -0.2) is 0 Å². The molecule has 0 aliphatic carbocycles. The van der Waals surface area contributed by atoms with E-state index in [1.807, 2.05) is 6.07 Å². The molecule has 0 aliphatic rings. The molecule has 130 valence electrons. The Morgan fingerprint density at radius 1 is 0.833 bits per heavy atom. The molecule has 0 amide bonds. The number of phenolic OH excluding ortho intramolecular Hbond substituents is 1. The SMILES string of the molecule is CCCCc1ccc(O)c(C(C)(C)c2ccccc2)c1CCCC. The van der Waals surface area contributed by atoms with Crippen molar-refractivity contribution in [2.24, 2.45) is 0 Å². The fourth-order valence-electron chi connectivity index (χ4n) is 3.62. The van der Waals surface area contributed by atoms with Crippen LogP contribution in [0, 0.1) is 0 Å². The van der Waals surface area contributed by atoms with Gasteiger partial charge in [0.25, 0.3) is 0 Å². The minimum atomic E-state index is -0.198. The van der Waals surface area contributed by atoms with E-state index in [0.717, 1.165) is 18.4 Å². The molecule has 0 spiro atoms. The summed E-state index contributed by atoms with van der Waals surface area (Å²) < 4.78 is 0. The smallest absolute Gasteiger partial charge is 0.119 e. The third kappa shape index (κ3) is 4.01. The Labute approximate surface area is 147 Å². The molecule has 24 heavy (non-hydrogen) atoms. The molecule has 1 heteroatoms. The van der Waals surface area contributed by atoms with Crippen LogP contribution in [-0.2, 0) is 18.3 Å². The fraction of sp³-hybridized carbons (Fsp3) is 0.478. The van der Waals surface area contributed by atoms with E-state index in [9.17, 15) is 5.11 Å². The Morgan fingerprint density at radius 3 is 2.08 bits per heavy atom. The summed E-state index contributed by atoms with van der Waals surface area (Å²) in [5, 5.41) is 10.7. The van der Waals surface area contributed by atoms with Gasteiger partial charge in [-0.3, -0.25) is 0 Å². The van der Waals surface area contributed by atoms with Gasteiger partial charge in [0.15, 0.2) is 0 Å². The van der Waals surface area contributed by atoms with Gasteiger partial charge in [0, 0.05) is 11.0 Å². The molecule has 0 bridgehead atoms. The zero-order chi connectivity index (χ0) is 17.6. The molecule has 0 fully saturated rings. The molecule has 2 aromatic carbocycles. The molecule has 0 saturated carbocycles. The monoisotopic (exact) mass is 324 g/mol. The molecule has 1 N–H and O–H groups in total. The zero-order valence-electron chi connectivity index (χ0n) is 15.7. The number of benzene rings is 2. The molecular formula is C23H32O. The summed E-state index contributed by atoms with van der Waals surface area (Å²) in [4.78, 5) is 0. The average molecular weight is 325 g/mol. The van der Waals surface area contributed by atoms with Crippen LogP contribution in [0.2, 0.25) is 0 Å². The van der Waals surface area contributed by atoms with Crippen LogP contribution in [0.15, 0.2) is 42.5 Å². The largest absolute Gasteiger partial charge is 0.508 e. The summed E-state index contributed by atoms with van der Waals surface area (Å²) in [7, 11) is 0. The first-order valence-corrected chi connectivity index (χ1v) is 9.42. The van der Waals surface area contributed by atoms with Gasteiger partial charge in [-0.15, -0.1) is 0 Å². The van der Waals surface area contributed by atoms with E-state index >= 15 is 0 Å². The number of phenols is 1. The molecule has 1 nitrogen and oxygen atoms in total. The van der Waals surface area contributed by atoms with Gasteiger partial charge in [-0.05, 0) is 48.4 Å². The van der Waals surface area contributed by atoms with Crippen LogP contribution >= 0.6 is 0 Å². The van der Waals surface area contributed by atoms with Crippen molar-refractivity contribution in [3.63, 3.8) is 0 Å². The highest BCUT2D eigenvalue weighted by atomic mass is 16.3. The quantitative estimate of drug-likeness (QED) is 0.595. The predicted octanol–water partition coefficient (Wildman–Crippen LogP) is 6.40. The lowest BCUT2D eigenvalue weighted by Crippen LogP contribution is -2.22. The van der Waals surface area contributed by atoms with Crippen LogP contribution < -0.4 is 0 Å². The highest BCUT2D eigenvalue weighted by Gasteiger charge is 2.29. The Kier molecular flexibility index (Phi) is 6.48. The summed E-state index contributed by atoms with van der Waals surface area (Å²) in [5.74, 6) is 0.440. The number of unbranched alkanes of at least 4 members (excludes halogenated alkanes) is 2. The second-order valence-electron chi connectivity index (χ2n) is 7.30. The van der Waals surface area contributed by atoms with Crippen LogP contribution in [0.3, 0.4) is 0 Å². The molecular weight excluding hydrogens is 292 g/mol. The van der Waals surface area contributed by atoms with Gasteiger partial charge in [0.1, 0.15) is 5.75 Å². The maximum absolute atomic E-state index is 10.7. The highest BCUT2D eigenvalue weighted by molar-refractivity contribution is 5.53. The second kappa shape index (κ2) is 8.37. The first-order valence-electron chi connectivity index (χ1n) is 9.42. The minimum absolute atomic E-state index is 0.198. The molecule has 0 aliphatic heterocycles. The van der Waals surface area contributed by atoms with Crippen molar-refractivity contribution >= 4 is 0 Å². The van der Waals surface area contributed by atoms with Gasteiger partial charge in [0.05, 0.1) is 0 Å². The number of aryl methyl sites for hydroxylation is 1. The summed E-state index contributed by atoms with van der Waals surface area (Å²) in [6.45, 7) is 8.93. The summed E-state index contributed by atoms with van der Waals surface area (Å²) in [5.41, 5.74) is 4.97. The zero-order valence-corrected chi connectivity index (χ0v) is 15.7. The van der Waals surface area contributed by atoms with E-state index in [1.165, 1.54) is 42.4 Å². The van der Waals surface area contributed by atoms with Crippen molar-refractivity contribution < 1.29 is 5.11 Å². The van der Waals surface area contributed by atoms with E-state index in [0.29, 0.717) is 5.75 Å². The van der Waals surface area contributed by atoms with Crippen LogP contribution in [0.1, 0.15) is 75.6 Å². The second-order valence-corrected chi connectivity index (χ2v) is 7.30. The normalized spacial score (nSPS) is 11.7. The molecule has 0 heterocycles. The van der Waals surface area contributed by atoms with Crippen molar-refractivity contribution in [3.05, 3.63) is 64.7 Å². The van der Waals surface area contributed by atoms with Crippen LogP contribution in [0.5, 0.6) is 5.75 Å². The van der Waals surface area contributed by atoms with E-state index < -0.39 is 0 Å². The number of hydrogen-bond donors (Lipinski definition) is 1. The van der Waals surface area contributed by atoms with Crippen molar-refractivity contribution in [3.8, 4) is 5.75 Å². The maximum atomic E-state index is 10.7. The van der Waals surface area contributed by atoms with E-state index in [4.69, 9.17) is 0 Å². The first kappa shape index (κ1) is 18.6. The molecule has 2 rings (SSSR count). The van der Waals surface area contributed by atoms with Crippen LogP contribution in [-0.4, -0.2) is 5.11 Å². The van der Waals surface area contributed by atoms with Crippen molar-refractivity contribution in [1.29, 1.82) is 0 Å². The van der Waals surface area contributed by atoms with Crippen molar-refractivity contribution in [1.82, 2.24) is 0 Å². The fourth-order valence-corrected chi connectivity index (χ4v) is 3.62. The van der Waals surface area contributed by atoms with Crippen molar-refractivity contribution in [2.45, 2.75) is 71.6 Å². The van der Waals surface area contributed by atoms with Gasteiger partial charge < -0.3 is 5.11 Å². The molecule has 0 aromatic heterocycles. The van der Waals surface area contributed by atoms with Gasteiger partial charge in [-0.1, -0.05) is 76.9 Å². The Hall–Kier alpha value is -1.76. The summed E-state index contributed by atoms with van der Waals surface area (Å²) in [6.07, 6.45) is 6.90. The molecule has 0 saturated heterocycles. The third-order valence-electron chi connectivity index (χ3n) is 5.09. The van der Waals surface area contributed by atoms with Gasteiger partial charge in [-0.2, -0.15) is 0 Å². The van der Waals surface area contributed by atoms with Gasteiger partial charge >= 0.3 is 0 Å². The van der Waals surface area contributed by atoms with Crippen LogP contribution in [0.4, 0.5) is 0 Å². The number of rotatable bonds is 8. The summed E-state index contributed by atoms with van der Waals surface area (Å²) >= 11 is 0. The molecule has 0 atom stereocenters. The van der Waals surface area contributed by atoms with Crippen molar-refractivity contribution in [2.75, 3.05) is 0 Å². The Bertz CT molecular complexity index is 641. The van der Waals surface area contributed by atoms with Gasteiger partial charge in [0.2, 0.25) is 0 Å². The Morgan fingerprint density at radius 2 is 1.46 bits per heavy atom. The topological polar surface area (TPSA) is 20.2 Å².